The van der Waals surface area contributed by atoms with Gasteiger partial charge in [0.1, 0.15) is 6.67 Å². The SMILES string of the molecule is COc1cc2c(cc1OC)C1CC(N)C(c3cc(CF)ccn3)CN1CC2.Cl. The number of methoxy groups -OCH3 is 2. The predicted molar refractivity (Wildman–Crippen MR) is 109 cm³/mol. The third-order valence-corrected chi connectivity index (χ3v) is 5.94. The molecule has 0 aliphatic carbocycles. The van der Waals surface area contributed by atoms with E-state index in [0.717, 1.165) is 43.1 Å². The lowest BCUT2D eigenvalue weighted by atomic mass is 9.79. The fourth-order valence-corrected chi connectivity index (χ4v) is 4.48. The molecule has 3 atom stereocenters. The van der Waals surface area contributed by atoms with Crippen LogP contribution >= 0.6 is 12.4 Å². The van der Waals surface area contributed by atoms with Crippen molar-refractivity contribution in [3.63, 3.8) is 0 Å². The minimum Gasteiger partial charge on any atom is -0.493 e. The van der Waals surface area contributed by atoms with E-state index in [1.54, 1.807) is 26.5 Å². The van der Waals surface area contributed by atoms with Crippen LogP contribution in [0.1, 0.15) is 40.8 Å². The molecule has 0 spiro atoms. The summed E-state index contributed by atoms with van der Waals surface area (Å²) < 4.78 is 24.0. The number of nitrogens with zero attached hydrogens (tertiary/aromatic N) is 2. The van der Waals surface area contributed by atoms with E-state index in [1.165, 1.54) is 11.1 Å². The van der Waals surface area contributed by atoms with Gasteiger partial charge in [0.15, 0.2) is 11.5 Å². The molecule has 3 heterocycles. The number of halogens is 2. The van der Waals surface area contributed by atoms with Gasteiger partial charge < -0.3 is 15.2 Å². The van der Waals surface area contributed by atoms with Crippen molar-refractivity contribution in [2.75, 3.05) is 27.3 Å². The van der Waals surface area contributed by atoms with E-state index in [4.69, 9.17) is 15.2 Å². The molecule has 3 unspecified atom stereocenters. The number of nitrogens with two attached hydrogens (primary N) is 1. The highest BCUT2D eigenvalue weighted by molar-refractivity contribution is 5.85. The molecule has 0 radical (unpaired) electrons. The third kappa shape index (κ3) is 3.69. The van der Waals surface area contributed by atoms with E-state index in [9.17, 15) is 4.39 Å². The second kappa shape index (κ2) is 8.64. The molecule has 1 aromatic heterocycles. The smallest absolute Gasteiger partial charge is 0.161 e. The molecular formula is C21H27ClFN3O2. The summed E-state index contributed by atoms with van der Waals surface area (Å²) in [6, 6.07) is 8.01. The first kappa shape index (κ1) is 20.8. The molecule has 2 aromatic rings. The molecule has 0 saturated carbocycles. The monoisotopic (exact) mass is 407 g/mol. The standard InChI is InChI=1S/C21H26FN3O2.ClH/c1-26-20-8-14-4-6-25-12-16(18-7-13(11-22)3-5-24-18)17(23)10-19(25)15(14)9-21(20)27-2;/h3,5,7-9,16-17,19H,4,6,10-12,23H2,1-2H3;1H. The lowest BCUT2D eigenvalue weighted by molar-refractivity contribution is 0.108. The number of piperidine rings is 1. The van der Waals surface area contributed by atoms with Gasteiger partial charge >= 0.3 is 0 Å². The van der Waals surface area contributed by atoms with Gasteiger partial charge in [0, 0.05) is 43.0 Å². The maximum Gasteiger partial charge on any atom is 0.161 e. The van der Waals surface area contributed by atoms with Crippen LogP contribution in [0.3, 0.4) is 0 Å². The molecule has 1 aromatic carbocycles. The van der Waals surface area contributed by atoms with Gasteiger partial charge in [0.2, 0.25) is 0 Å². The fraction of sp³-hybridized carbons (Fsp3) is 0.476. The van der Waals surface area contributed by atoms with Crippen molar-refractivity contribution in [3.05, 3.63) is 52.8 Å². The van der Waals surface area contributed by atoms with Crippen LogP contribution in [0.15, 0.2) is 30.5 Å². The maximum atomic E-state index is 13.0. The Morgan fingerprint density at radius 2 is 1.96 bits per heavy atom. The summed E-state index contributed by atoms with van der Waals surface area (Å²) in [7, 11) is 3.33. The molecule has 4 rings (SSSR count). The van der Waals surface area contributed by atoms with Crippen molar-refractivity contribution in [3.8, 4) is 11.5 Å². The van der Waals surface area contributed by atoms with Crippen molar-refractivity contribution in [2.45, 2.75) is 37.5 Å². The Kier molecular flexibility index (Phi) is 6.43. The second-order valence-corrected chi connectivity index (χ2v) is 7.40. The molecular weight excluding hydrogens is 381 g/mol. The van der Waals surface area contributed by atoms with E-state index in [2.05, 4.69) is 22.0 Å². The Morgan fingerprint density at radius 1 is 1.21 bits per heavy atom. The van der Waals surface area contributed by atoms with Crippen LogP contribution in [0, 0.1) is 0 Å². The van der Waals surface area contributed by atoms with E-state index in [0.29, 0.717) is 5.56 Å². The summed E-state index contributed by atoms with van der Waals surface area (Å²) in [5.41, 5.74) is 10.7. The zero-order valence-corrected chi connectivity index (χ0v) is 17.0. The summed E-state index contributed by atoms with van der Waals surface area (Å²) >= 11 is 0. The summed E-state index contributed by atoms with van der Waals surface area (Å²) in [6.45, 7) is 1.33. The molecule has 152 valence electrons. The van der Waals surface area contributed by atoms with Crippen LogP contribution in [0.25, 0.3) is 0 Å². The Labute approximate surface area is 171 Å². The average molecular weight is 408 g/mol. The topological polar surface area (TPSA) is 60.6 Å². The van der Waals surface area contributed by atoms with Crippen molar-refractivity contribution < 1.29 is 13.9 Å². The van der Waals surface area contributed by atoms with Crippen LogP contribution < -0.4 is 15.2 Å². The summed E-state index contributed by atoms with van der Waals surface area (Å²) in [5, 5.41) is 0. The van der Waals surface area contributed by atoms with Crippen LogP contribution in [0.2, 0.25) is 0 Å². The first-order chi connectivity index (χ1) is 13.1. The van der Waals surface area contributed by atoms with Crippen molar-refractivity contribution in [1.82, 2.24) is 9.88 Å². The van der Waals surface area contributed by atoms with Gasteiger partial charge in [-0.3, -0.25) is 9.88 Å². The van der Waals surface area contributed by atoms with E-state index in [-0.39, 0.29) is 30.4 Å². The highest BCUT2D eigenvalue weighted by atomic mass is 35.5. The number of ether oxygens (including phenoxy) is 2. The quantitative estimate of drug-likeness (QED) is 0.841. The Balaban J connectivity index is 0.00000225. The number of hydrogen-bond acceptors (Lipinski definition) is 5. The number of rotatable bonds is 4. The summed E-state index contributed by atoms with van der Waals surface area (Å²) in [5.74, 6) is 1.65. The highest BCUT2D eigenvalue weighted by Gasteiger charge is 2.39. The molecule has 7 heteroatoms. The normalized spacial score (nSPS) is 23.9. The predicted octanol–water partition coefficient (Wildman–Crippen LogP) is 3.40. The van der Waals surface area contributed by atoms with Gasteiger partial charge in [0.05, 0.1) is 14.2 Å². The van der Waals surface area contributed by atoms with E-state index in [1.807, 2.05) is 6.07 Å². The Morgan fingerprint density at radius 3 is 2.68 bits per heavy atom. The Hall–Kier alpha value is -1.89. The first-order valence-corrected chi connectivity index (χ1v) is 9.39. The van der Waals surface area contributed by atoms with Crippen LogP contribution in [0.5, 0.6) is 11.5 Å². The molecule has 0 bridgehead atoms. The Bertz CT molecular complexity index is 835. The largest absolute Gasteiger partial charge is 0.493 e. The fourth-order valence-electron chi connectivity index (χ4n) is 4.48. The minimum absolute atomic E-state index is 0. The van der Waals surface area contributed by atoms with Gasteiger partial charge in [-0.05, 0) is 53.8 Å². The number of alkyl halides is 1. The second-order valence-electron chi connectivity index (χ2n) is 7.40. The number of hydrogen-bond donors (Lipinski definition) is 1. The zero-order valence-electron chi connectivity index (χ0n) is 16.2. The van der Waals surface area contributed by atoms with Crippen molar-refractivity contribution >= 4 is 12.4 Å². The van der Waals surface area contributed by atoms with E-state index >= 15 is 0 Å². The van der Waals surface area contributed by atoms with Gasteiger partial charge in [-0.1, -0.05) is 0 Å². The molecule has 0 amide bonds. The van der Waals surface area contributed by atoms with Gasteiger partial charge in [-0.2, -0.15) is 0 Å². The molecule has 1 fully saturated rings. The zero-order chi connectivity index (χ0) is 19.0. The molecule has 2 N–H and O–H groups in total. The lowest BCUT2D eigenvalue weighted by Crippen LogP contribution is -2.50. The first-order valence-electron chi connectivity index (χ1n) is 9.39. The molecule has 5 nitrogen and oxygen atoms in total. The van der Waals surface area contributed by atoms with Crippen LogP contribution in [-0.4, -0.2) is 43.2 Å². The van der Waals surface area contributed by atoms with Gasteiger partial charge in [0.25, 0.3) is 0 Å². The number of fused-ring (bicyclic) bond motifs is 3. The lowest BCUT2D eigenvalue weighted by Gasteiger charge is -2.46. The molecule has 2 aliphatic heterocycles. The third-order valence-electron chi connectivity index (χ3n) is 5.94. The van der Waals surface area contributed by atoms with E-state index < -0.39 is 6.67 Å². The summed E-state index contributed by atoms with van der Waals surface area (Å²) in [4.78, 5) is 6.96. The molecule has 1 saturated heterocycles. The highest BCUT2D eigenvalue weighted by Crippen LogP contribution is 2.43. The number of aromatic nitrogens is 1. The van der Waals surface area contributed by atoms with Crippen LogP contribution in [0.4, 0.5) is 4.39 Å². The number of pyridine rings is 1. The van der Waals surface area contributed by atoms with Crippen molar-refractivity contribution in [2.24, 2.45) is 5.73 Å². The summed E-state index contributed by atoms with van der Waals surface area (Å²) in [6.07, 6.45) is 3.49. The van der Waals surface area contributed by atoms with Gasteiger partial charge in [-0.25, -0.2) is 4.39 Å². The maximum absolute atomic E-state index is 13.0. The van der Waals surface area contributed by atoms with Crippen molar-refractivity contribution in [1.29, 1.82) is 0 Å². The van der Waals surface area contributed by atoms with Crippen LogP contribution in [-0.2, 0) is 13.1 Å². The average Bonchev–Trinajstić information content (AvgIpc) is 2.72. The van der Waals surface area contributed by atoms with Gasteiger partial charge in [-0.15, -0.1) is 12.4 Å². The minimum atomic E-state index is -0.473. The molecule has 28 heavy (non-hydrogen) atoms. The molecule has 2 aliphatic rings. The number of benzene rings is 1.